The molecular formula is C16H16INO4. The molecule has 0 heterocycles. The van der Waals surface area contributed by atoms with Crippen LogP contribution in [-0.4, -0.2) is 26.7 Å². The normalized spacial score (nSPS) is 9.95. The second-order valence-corrected chi connectivity index (χ2v) is 5.58. The van der Waals surface area contributed by atoms with E-state index in [9.17, 15) is 4.79 Å². The zero-order valence-corrected chi connectivity index (χ0v) is 14.4. The van der Waals surface area contributed by atoms with Gasteiger partial charge in [0.05, 0.1) is 14.2 Å². The summed E-state index contributed by atoms with van der Waals surface area (Å²) in [5.74, 6) is 1.18. The van der Waals surface area contributed by atoms with Gasteiger partial charge in [0.1, 0.15) is 0 Å². The Morgan fingerprint density at radius 2 is 1.64 bits per heavy atom. The van der Waals surface area contributed by atoms with Gasteiger partial charge in [0, 0.05) is 9.26 Å². The van der Waals surface area contributed by atoms with E-state index in [-0.39, 0.29) is 12.5 Å². The van der Waals surface area contributed by atoms with Crippen LogP contribution in [0.4, 0.5) is 5.69 Å². The summed E-state index contributed by atoms with van der Waals surface area (Å²) in [6.45, 7) is -0.136. The Bertz CT molecular complexity index is 621. The number of carbonyl (C=O) groups excluding carboxylic acids is 1. The van der Waals surface area contributed by atoms with Gasteiger partial charge in [-0.25, -0.2) is 0 Å². The molecule has 0 aliphatic heterocycles. The molecule has 0 saturated carbocycles. The van der Waals surface area contributed by atoms with Crippen LogP contribution in [0, 0.1) is 3.57 Å². The molecule has 0 radical (unpaired) electrons. The molecule has 0 fully saturated rings. The van der Waals surface area contributed by atoms with Crippen LogP contribution in [0.5, 0.6) is 17.2 Å². The van der Waals surface area contributed by atoms with Gasteiger partial charge in [-0.3, -0.25) is 4.79 Å². The molecule has 1 amide bonds. The minimum absolute atomic E-state index is 0.136. The molecule has 0 aliphatic rings. The summed E-state index contributed by atoms with van der Waals surface area (Å²) in [5, 5.41) is 2.77. The molecule has 0 bridgehead atoms. The van der Waals surface area contributed by atoms with Crippen molar-refractivity contribution in [3.63, 3.8) is 0 Å². The monoisotopic (exact) mass is 413 g/mol. The van der Waals surface area contributed by atoms with Crippen LogP contribution < -0.4 is 19.5 Å². The summed E-state index contributed by atoms with van der Waals surface area (Å²) in [4.78, 5) is 12.0. The van der Waals surface area contributed by atoms with Crippen LogP contribution in [0.2, 0.25) is 0 Å². The highest BCUT2D eigenvalue weighted by Crippen LogP contribution is 2.36. The third-order valence-corrected chi connectivity index (χ3v) is 3.58. The molecule has 116 valence electrons. The first kappa shape index (κ1) is 16.4. The van der Waals surface area contributed by atoms with E-state index < -0.39 is 0 Å². The van der Waals surface area contributed by atoms with E-state index >= 15 is 0 Å². The number of nitrogens with one attached hydrogen (secondary N) is 1. The van der Waals surface area contributed by atoms with Crippen molar-refractivity contribution in [1.29, 1.82) is 0 Å². The molecule has 1 N–H and O–H groups in total. The van der Waals surface area contributed by atoms with Gasteiger partial charge in [0.25, 0.3) is 5.91 Å². The van der Waals surface area contributed by atoms with Crippen LogP contribution in [0.15, 0.2) is 42.5 Å². The largest absolute Gasteiger partial charge is 0.493 e. The van der Waals surface area contributed by atoms with Gasteiger partial charge in [0.15, 0.2) is 18.1 Å². The predicted molar refractivity (Wildman–Crippen MR) is 92.8 cm³/mol. The maximum absolute atomic E-state index is 12.0. The number of hydrogen-bond acceptors (Lipinski definition) is 4. The number of hydrogen-bond donors (Lipinski definition) is 1. The Hall–Kier alpha value is -1.96. The van der Waals surface area contributed by atoms with Crippen LogP contribution in [0.1, 0.15) is 0 Å². The molecule has 2 aromatic carbocycles. The lowest BCUT2D eigenvalue weighted by molar-refractivity contribution is -0.118. The number of benzene rings is 2. The minimum atomic E-state index is -0.255. The fraction of sp³-hybridized carbons (Fsp3) is 0.188. The Kier molecular flexibility index (Phi) is 5.88. The number of amides is 1. The second-order valence-electron chi connectivity index (χ2n) is 4.34. The molecule has 2 aromatic rings. The Labute approximate surface area is 142 Å². The van der Waals surface area contributed by atoms with E-state index in [0.29, 0.717) is 17.2 Å². The number of rotatable bonds is 6. The van der Waals surface area contributed by atoms with Crippen molar-refractivity contribution in [1.82, 2.24) is 0 Å². The molecule has 0 aromatic heterocycles. The van der Waals surface area contributed by atoms with Gasteiger partial charge in [-0.1, -0.05) is 6.07 Å². The maximum atomic E-state index is 12.0. The molecule has 0 saturated heterocycles. The minimum Gasteiger partial charge on any atom is -0.493 e. The van der Waals surface area contributed by atoms with E-state index in [1.165, 1.54) is 14.2 Å². The topological polar surface area (TPSA) is 56.8 Å². The average Bonchev–Trinajstić information content (AvgIpc) is 2.54. The molecule has 0 aliphatic carbocycles. The number of halogens is 1. The van der Waals surface area contributed by atoms with Crippen LogP contribution >= 0.6 is 22.6 Å². The van der Waals surface area contributed by atoms with Gasteiger partial charge >= 0.3 is 0 Å². The summed E-state index contributed by atoms with van der Waals surface area (Å²) in [6.07, 6.45) is 0. The quantitative estimate of drug-likeness (QED) is 0.739. The van der Waals surface area contributed by atoms with Crippen molar-refractivity contribution in [2.75, 3.05) is 26.1 Å². The average molecular weight is 413 g/mol. The molecule has 5 nitrogen and oxygen atoms in total. The van der Waals surface area contributed by atoms with Crippen molar-refractivity contribution in [2.24, 2.45) is 0 Å². The highest BCUT2D eigenvalue weighted by atomic mass is 127. The fourth-order valence-electron chi connectivity index (χ4n) is 1.83. The van der Waals surface area contributed by atoms with Crippen molar-refractivity contribution in [2.45, 2.75) is 0 Å². The summed E-state index contributed by atoms with van der Waals surface area (Å²) >= 11 is 2.20. The fourth-order valence-corrected chi connectivity index (χ4v) is 2.19. The standard InChI is InChI=1S/C16H16INO4/c1-20-13-4-3-5-14(21-2)16(13)22-10-15(19)18-12-8-6-11(17)7-9-12/h3-9H,10H2,1-2H3,(H,18,19). The summed E-state index contributed by atoms with van der Waals surface area (Å²) in [6, 6.07) is 12.8. The Balaban J connectivity index is 2.00. The number of ether oxygens (including phenoxy) is 3. The van der Waals surface area contributed by atoms with Crippen molar-refractivity contribution < 1.29 is 19.0 Å². The molecule has 22 heavy (non-hydrogen) atoms. The lowest BCUT2D eigenvalue weighted by atomic mass is 10.3. The van der Waals surface area contributed by atoms with E-state index in [0.717, 1.165) is 9.26 Å². The maximum Gasteiger partial charge on any atom is 0.262 e. The Morgan fingerprint density at radius 3 is 2.18 bits per heavy atom. The van der Waals surface area contributed by atoms with Gasteiger partial charge in [-0.15, -0.1) is 0 Å². The van der Waals surface area contributed by atoms with Gasteiger partial charge in [0.2, 0.25) is 5.75 Å². The zero-order chi connectivity index (χ0) is 15.9. The third kappa shape index (κ3) is 4.27. The van der Waals surface area contributed by atoms with E-state index in [1.807, 2.05) is 24.3 Å². The van der Waals surface area contributed by atoms with Crippen LogP contribution in [0.3, 0.4) is 0 Å². The predicted octanol–water partition coefficient (Wildman–Crippen LogP) is 3.33. The molecule has 2 rings (SSSR count). The zero-order valence-electron chi connectivity index (χ0n) is 12.3. The second kappa shape index (κ2) is 7.88. The highest BCUT2D eigenvalue weighted by molar-refractivity contribution is 14.1. The molecular weight excluding hydrogens is 397 g/mol. The van der Waals surface area contributed by atoms with E-state index in [2.05, 4.69) is 27.9 Å². The van der Waals surface area contributed by atoms with Gasteiger partial charge in [-0.05, 0) is 59.0 Å². The lowest BCUT2D eigenvalue weighted by Gasteiger charge is -2.14. The molecule has 6 heteroatoms. The number of methoxy groups -OCH3 is 2. The number of carbonyl (C=O) groups is 1. The first-order valence-corrected chi connectivity index (χ1v) is 7.61. The van der Waals surface area contributed by atoms with Gasteiger partial charge < -0.3 is 19.5 Å². The van der Waals surface area contributed by atoms with Crippen LogP contribution in [0.25, 0.3) is 0 Å². The SMILES string of the molecule is COc1cccc(OC)c1OCC(=O)Nc1ccc(I)cc1. The van der Waals surface area contributed by atoms with E-state index in [1.54, 1.807) is 18.2 Å². The number of para-hydroxylation sites is 1. The summed E-state index contributed by atoms with van der Waals surface area (Å²) < 4.78 is 17.1. The van der Waals surface area contributed by atoms with Crippen molar-refractivity contribution in [3.8, 4) is 17.2 Å². The van der Waals surface area contributed by atoms with Crippen molar-refractivity contribution >= 4 is 34.2 Å². The summed E-state index contributed by atoms with van der Waals surface area (Å²) in [5.41, 5.74) is 0.723. The lowest BCUT2D eigenvalue weighted by Crippen LogP contribution is -2.20. The smallest absolute Gasteiger partial charge is 0.262 e. The third-order valence-electron chi connectivity index (χ3n) is 2.86. The summed E-state index contributed by atoms with van der Waals surface area (Å²) in [7, 11) is 3.07. The van der Waals surface area contributed by atoms with E-state index in [4.69, 9.17) is 14.2 Å². The molecule has 0 atom stereocenters. The van der Waals surface area contributed by atoms with Crippen molar-refractivity contribution in [3.05, 3.63) is 46.0 Å². The highest BCUT2D eigenvalue weighted by Gasteiger charge is 2.13. The first-order valence-electron chi connectivity index (χ1n) is 6.53. The van der Waals surface area contributed by atoms with Gasteiger partial charge in [-0.2, -0.15) is 0 Å². The van der Waals surface area contributed by atoms with Crippen LogP contribution in [-0.2, 0) is 4.79 Å². The molecule has 0 unspecified atom stereocenters. The molecule has 0 spiro atoms. The number of anilines is 1. The Morgan fingerprint density at radius 1 is 1.05 bits per heavy atom. The first-order chi connectivity index (χ1) is 10.6.